The van der Waals surface area contributed by atoms with Crippen molar-refractivity contribution in [2.45, 2.75) is 39.0 Å². The van der Waals surface area contributed by atoms with Crippen molar-refractivity contribution in [1.82, 2.24) is 0 Å². The van der Waals surface area contributed by atoms with Crippen molar-refractivity contribution >= 4 is 10.0 Å². The van der Waals surface area contributed by atoms with E-state index in [0.29, 0.717) is 13.0 Å². The molecule has 0 aliphatic carbocycles. The normalized spacial score (nSPS) is 12.4. The van der Waals surface area contributed by atoms with E-state index < -0.39 is 10.0 Å². The summed E-state index contributed by atoms with van der Waals surface area (Å²) in [7, 11) is -3.39. The van der Waals surface area contributed by atoms with Gasteiger partial charge in [-0.15, -0.1) is 0 Å². The molecule has 19 heavy (non-hydrogen) atoms. The maximum atomic E-state index is 10.8. The van der Waals surface area contributed by atoms with Gasteiger partial charge in [-0.05, 0) is 36.0 Å². The van der Waals surface area contributed by atoms with Crippen LogP contribution in [0.5, 0.6) is 5.75 Å². The number of primary sulfonamides is 1. The Morgan fingerprint density at radius 3 is 2.26 bits per heavy atom. The van der Waals surface area contributed by atoms with E-state index in [2.05, 4.69) is 32.9 Å². The van der Waals surface area contributed by atoms with Crippen molar-refractivity contribution in [2.24, 2.45) is 5.14 Å². The number of benzene rings is 1. The number of rotatable bonds is 7. The van der Waals surface area contributed by atoms with Crippen LogP contribution in [0.2, 0.25) is 0 Å². The molecule has 5 heteroatoms. The van der Waals surface area contributed by atoms with Crippen LogP contribution in [-0.2, 0) is 15.4 Å². The van der Waals surface area contributed by atoms with Crippen LogP contribution < -0.4 is 9.88 Å². The molecule has 0 saturated carbocycles. The lowest BCUT2D eigenvalue weighted by Gasteiger charge is -2.23. The van der Waals surface area contributed by atoms with Gasteiger partial charge in [-0.2, -0.15) is 0 Å². The van der Waals surface area contributed by atoms with Crippen LogP contribution in [0, 0.1) is 0 Å². The number of nitrogens with two attached hydrogens (primary N) is 1. The van der Waals surface area contributed by atoms with Crippen molar-refractivity contribution in [3.63, 3.8) is 0 Å². The predicted octanol–water partition coefficient (Wildman–Crippen LogP) is 2.43. The fourth-order valence-corrected chi connectivity index (χ4v) is 2.18. The van der Waals surface area contributed by atoms with Gasteiger partial charge in [-0.25, -0.2) is 13.6 Å². The first-order valence-electron chi connectivity index (χ1n) is 6.48. The second kappa shape index (κ2) is 6.39. The molecule has 2 N–H and O–H groups in total. The second-order valence-corrected chi connectivity index (χ2v) is 7.06. The maximum absolute atomic E-state index is 10.8. The van der Waals surface area contributed by atoms with E-state index >= 15 is 0 Å². The van der Waals surface area contributed by atoms with Crippen molar-refractivity contribution in [3.05, 3.63) is 29.8 Å². The third-order valence-electron chi connectivity index (χ3n) is 3.36. The molecule has 0 unspecified atom stereocenters. The van der Waals surface area contributed by atoms with Crippen LogP contribution in [0.3, 0.4) is 0 Å². The summed E-state index contributed by atoms with van der Waals surface area (Å²) >= 11 is 0. The van der Waals surface area contributed by atoms with Gasteiger partial charge in [0.2, 0.25) is 10.0 Å². The van der Waals surface area contributed by atoms with Crippen LogP contribution in [0.4, 0.5) is 0 Å². The molecule has 1 aromatic carbocycles. The van der Waals surface area contributed by atoms with E-state index in [1.165, 1.54) is 5.56 Å². The molecule has 0 saturated heterocycles. The summed E-state index contributed by atoms with van der Waals surface area (Å²) in [5, 5.41) is 4.91. The highest BCUT2D eigenvalue weighted by Gasteiger charge is 2.17. The number of hydrogen-bond donors (Lipinski definition) is 1. The molecule has 0 heterocycles. The Morgan fingerprint density at radius 2 is 1.79 bits per heavy atom. The van der Waals surface area contributed by atoms with E-state index in [9.17, 15) is 8.42 Å². The van der Waals surface area contributed by atoms with Gasteiger partial charge < -0.3 is 4.74 Å². The Balaban J connectivity index is 2.49. The topological polar surface area (TPSA) is 69.4 Å². The molecule has 4 nitrogen and oxygen atoms in total. The van der Waals surface area contributed by atoms with Crippen molar-refractivity contribution in [3.8, 4) is 5.75 Å². The standard InChI is InChI=1S/C14H23NO3S/c1-4-14(2,3)12-6-8-13(9-7-12)18-10-5-11-19(15,16)17/h6-9H,4-5,10-11H2,1-3H3,(H2,15,16,17). The van der Waals surface area contributed by atoms with Crippen LogP contribution in [0.25, 0.3) is 0 Å². The highest BCUT2D eigenvalue weighted by atomic mass is 32.2. The number of sulfonamides is 1. The molecular weight excluding hydrogens is 262 g/mol. The minimum Gasteiger partial charge on any atom is -0.494 e. The Labute approximate surface area is 116 Å². The van der Waals surface area contributed by atoms with Gasteiger partial charge in [-0.1, -0.05) is 32.9 Å². The fraction of sp³-hybridized carbons (Fsp3) is 0.571. The molecule has 0 amide bonds. The number of ether oxygens (including phenoxy) is 1. The molecule has 1 rings (SSSR count). The summed E-state index contributed by atoms with van der Waals surface area (Å²) in [4.78, 5) is 0. The number of hydrogen-bond acceptors (Lipinski definition) is 3. The Hall–Kier alpha value is -1.07. The highest BCUT2D eigenvalue weighted by molar-refractivity contribution is 7.89. The third kappa shape index (κ3) is 5.61. The summed E-state index contributed by atoms with van der Waals surface area (Å²) in [5.74, 6) is 0.707. The average molecular weight is 285 g/mol. The zero-order valence-electron chi connectivity index (χ0n) is 11.8. The van der Waals surface area contributed by atoms with Gasteiger partial charge in [-0.3, -0.25) is 0 Å². The minimum absolute atomic E-state index is 0.0477. The third-order valence-corrected chi connectivity index (χ3v) is 4.22. The van der Waals surface area contributed by atoms with E-state index in [1.54, 1.807) is 0 Å². The fourth-order valence-electron chi connectivity index (χ4n) is 1.66. The maximum Gasteiger partial charge on any atom is 0.209 e. The molecule has 108 valence electrons. The zero-order chi connectivity index (χ0) is 14.5. The molecule has 0 radical (unpaired) electrons. The quantitative estimate of drug-likeness (QED) is 0.782. The van der Waals surface area contributed by atoms with Gasteiger partial charge in [0.05, 0.1) is 12.4 Å². The molecule has 0 bridgehead atoms. The largest absolute Gasteiger partial charge is 0.494 e. The first kappa shape index (κ1) is 16.0. The summed E-state index contributed by atoms with van der Waals surface area (Å²) in [6, 6.07) is 7.95. The minimum atomic E-state index is -3.39. The lowest BCUT2D eigenvalue weighted by molar-refractivity contribution is 0.317. The van der Waals surface area contributed by atoms with E-state index in [1.807, 2.05) is 12.1 Å². The Bertz CT molecular complexity index is 492. The lowest BCUT2D eigenvalue weighted by atomic mass is 9.82. The molecule has 0 aromatic heterocycles. The second-order valence-electron chi connectivity index (χ2n) is 5.33. The predicted molar refractivity (Wildman–Crippen MR) is 77.8 cm³/mol. The molecule has 0 atom stereocenters. The summed E-state index contributed by atoms with van der Waals surface area (Å²) in [6.45, 7) is 6.93. The van der Waals surface area contributed by atoms with Gasteiger partial charge in [0.25, 0.3) is 0 Å². The van der Waals surface area contributed by atoms with E-state index in [0.717, 1.165) is 12.2 Å². The molecule has 0 aliphatic rings. The lowest BCUT2D eigenvalue weighted by Crippen LogP contribution is -2.18. The summed E-state index contributed by atoms with van der Waals surface area (Å²) in [6.07, 6.45) is 1.47. The highest BCUT2D eigenvalue weighted by Crippen LogP contribution is 2.27. The van der Waals surface area contributed by atoms with Gasteiger partial charge >= 0.3 is 0 Å². The first-order valence-corrected chi connectivity index (χ1v) is 8.20. The smallest absolute Gasteiger partial charge is 0.209 e. The summed E-state index contributed by atoms with van der Waals surface area (Å²) < 4.78 is 27.0. The van der Waals surface area contributed by atoms with E-state index in [4.69, 9.17) is 9.88 Å². The van der Waals surface area contributed by atoms with Crippen molar-refractivity contribution in [2.75, 3.05) is 12.4 Å². The SMILES string of the molecule is CCC(C)(C)c1ccc(OCCCS(N)(=O)=O)cc1. The Kier molecular flexibility index (Phi) is 5.38. The molecular formula is C14H23NO3S. The zero-order valence-corrected chi connectivity index (χ0v) is 12.7. The van der Waals surface area contributed by atoms with Crippen LogP contribution in [0.15, 0.2) is 24.3 Å². The first-order chi connectivity index (χ1) is 8.74. The molecule has 0 fully saturated rings. The van der Waals surface area contributed by atoms with Crippen LogP contribution >= 0.6 is 0 Å². The van der Waals surface area contributed by atoms with Crippen molar-refractivity contribution in [1.29, 1.82) is 0 Å². The monoisotopic (exact) mass is 285 g/mol. The van der Waals surface area contributed by atoms with Gasteiger partial charge in [0.1, 0.15) is 5.75 Å². The Morgan fingerprint density at radius 1 is 1.21 bits per heavy atom. The van der Waals surface area contributed by atoms with Gasteiger partial charge in [0.15, 0.2) is 0 Å². The summed E-state index contributed by atoms with van der Waals surface area (Å²) in [5.41, 5.74) is 1.43. The molecule has 0 aliphatic heterocycles. The molecule has 0 spiro atoms. The van der Waals surface area contributed by atoms with Crippen LogP contribution in [0.1, 0.15) is 39.2 Å². The van der Waals surface area contributed by atoms with Gasteiger partial charge in [0, 0.05) is 0 Å². The van der Waals surface area contributed by atoms with Crippen LogP contribution in [-0.4, -0.2) is 20.8 Å². The molecule has 1 aromatic rings. The van der Waals surface area contributed by atoms with Crippen molar-refractivity contribution < 1.29 is 13.2 Å². The van der Waals surface area contributed by atoms with E-state index in [-0.39, 0.29) is 11.2 Å². The average Bonchev–Trinajstić information content (AvgIpc) is 2.34.